The van der Waals surface area contributed by atoms with E-state index < -0.39 is 23.7 Å². The molecule has 0 aliphatic carbocycles. The summed E-state index contributed by atoms with van der Waals surface area (Å²) in [7, 11) is 1.25. The van der Waals surface area contributed by atoms with Crippen molar-refractivity contribution in [3.63, 3.8) is 0 Å². The second-order valence-electron chi connectivity index (χ2n) is 14.5. The first-order valence-electron chi connectivity index (χ1n) is 21.1. The molecule has 0 radical (unpaired) electrons. The van der Waals surface area contributed by atoms with Crippen LogP contribution in [-0.2, 0) is 4.74 Å². The largest absolute Gasteiger partial charge is 0.493 e. The molecule has 0 aliphatic rings. The van der Waals surface area contributed by atoms with E-state index in [1.807, 2.05) is 26.8 Å². The fourth-order valence-corrected chi connectivity index (χ4v) is 7.41. The first-order chi connectivity index (χ1) is 32.0. The molecule has 3 amide bonds. The number of amides is 3. The number of ether oxygens (including phenoxy) is 5. The molecule has 66 heavy (non-hydrogen) atoms. The molecule has 0 bridgehead atoms. The maximum Gasteiger partial charge on any atom is 0.356 e. The number of nitrogens with zero attached hydrogens (tertiary/aromatic N) is 4. The Morgan fingerprint density at radius 2 is 0.758 bits per heavy atom. The third kappa shape index (κ3) is 8.68. The van der Waals surface area contributed by atoms with Gasteiger partial charge in [-0.1, -0.05) is 24.3 Å². The van der Waals surface area contributed by atoms with E-state index in [2.05, 4.69) is 25.9 Å². The molecular weight excluding hydrogens is 845 g/mol. The predicted octanol–water partition coefficient (Wildman–Crippen LogP) is 8.60. The van der Waals surface area contributed by atoms with Crippen LogP contribution < -0.4 is 40.6 Å². The monoisotopic (exact) mass is 888 g/mol. The number of fused-ring (bicyclic) bond motifs is 4. The standard InChI is InChI=1S/C49H44N8O9/c1-6-63-38-22-34(51-42-26(38)14-10-18-30(42)50)46(58)55-31-19-11-15-27-39(64-7-2)23-35(52-43(27)31)47(59)56-32-20-12-16-28-40(65-8-3)24-36(53-44(28)32)48(60)57-33-21-13-17-29-41(66-9-4)25-37(49(61)62-5)54-45(29)33/h10-25H,6-9,50H2,1-5H3,(H,55,58)(H,56,59)(H,57,60). The summed E-state index contributed by atoms with van der Waals surface area (Å²) < 4.78 is 28.6. The molecule has 0 fully saturated rings. The van der Waals surface area contributed by atoms with E-state index >= 15 is 0 Å². The average Bonchev–Trinajstić information content (AvgIpc) is 3.32. The summed E-state index contributed by atoms with van der Waals surface area (Å²) in [6.07, 6.45) is 0. The Kier molecular flexibility index (Phi) is 12.7. The first kappa shape index (κ1) is 44.0. The van der Waals surface area contributed by atoms with Gasteiger partial charge in [-0.05, 0) is 76.2 Å². The van der Waals surface area contributed by atoms with Crippen LogP contribution in [0.1, 0.15) is 69.6 Å². The molecule has 4 heterocycles. The number of hydrogen-bond donors (Lipinski definition) is 4. The zero-order chi connectivity index (χ0) is 46.5. The number of nitrogens with one attached hydrogen (secondary N) is 3. The number of carbonyl (C=O) groups is 4. The molecule has 0 atom stereocenters. The van der Waals surface area contributed by atoms with Gasteiger partial charge in [0.1, 0.15) is 40.1 Å². The summed E-state index contributed by atoms with van der Waals surface area (Å²) in [4.78, 5) is 73.3. The van der Waals surface area contributed by atoms with Crippen LogP contribution >= 0.6 is 0 Å². The van der Waals surface area contributed by atoms with Gasteiger partial charge in [-0.3, -0.25) is 14.4 Å². The van der Waals surface area contributed by atoms with Crippen LogP contribution in [0.3, 0.4) is 0 Å². The lowest BCUT2D eigenvalue weighted by Crippen LogP contribution is -2.18. The van der Waals surface area contributed by atoms with Gasteiger partial charge < -0.3 is 45.4 Å². The minimum atomic E-state index is -0.677. The average molecular weight is 889 g/mol. The van der Waals surface area contributed by atoms with Crippen LogP contribution in [0.4, 0.5) is 22.7 Å². The second-order valence-corrected chi connectivity index (χ2v) is 14.5. The van der Waals surface area contributed by atoms with Crippen molar-refractivity contribution in [2.24, 2.45) is 0 Å². The van der Waals surface area contributed by atoms with Gasteiger partial charge in [0.25, 0.3) is 17.7 Å². The fourth-order valence-electron chi connectivity index (χ4n) is 7.41. The summed E-state index contributed by atoms with van der Waals surface area (Å²) in [6, 6.07) is 26.8. The minimum Gasteiger partial charge on any atom is -0.493 e. The van der Waals surface area contributed by atoms with Crippen LogP contribution in [-0.4, -0.2) is 77.2 Å². The molecule has 17 nitrogen and oxygen atoms in total. The van der Waals surface area contributed by atoms with Gasteiger partial charge in [0.2, 0.25) is 0 Å². The maximum atomic E-state index is 14.3. The molecule has 334 valence electrons. The summed E-state index contributed by atoms with van der Waals surface area (Å²) in [6.45, 7) is 8.47. The van der Waals surface area contributed by atoms with Crippen molar-refractivity contribution in [3.8, 4) is 23.0 Å². The highest BCUT2D eigenvalue weighted by Crippen LogP contribution is 2.36. The summed E-state index contributed by atoms with van der Waals surface area (Å²) in [5.74, 6) is -0.976. The van der Waals surface area contributed by atoms with Gasteiger partial charge in [0.05, 0.1) is 78.4 Å². The van der Waals surface area contributed by atoms with Crippen LogP contribution in [0.5, 0.6) is 23.0 Å². The normalized spacial score (nSPS) is 11.0. The Morgan fingerprint density at radius 1 is 0.455 bits per heavy atom. The van der Waals surface area contributed by atoms with E-state index in [1.165, 1.54) is 25.3 Å². The Morgan fingerprint density at radius 3 is 1.11 bits per heavy atom. The van der Waals surface area contributed by atoms with Crippen molar-refractivity contribution in [2.75, 3.05) is 55.2 Å². The number of benzene rings is 4. The highest BCUT2D eigenvalue weighted by Gasteiger charge is 2.23. The maximum absolute atomic E-state index is 14.3. The lowest BCUT2D eigenvalue weighted by Gasteiger charge is -2.16. The number of nitrogens with two attached hydrogens (primary N) is 1. The molecule has 5 N–H and O–H groups in total. The third-order valence-corrected chi connectivity index (χ3v) is 10.3. The highest BCUT2D eigenvalue weighted by molar-refractivity contribution is 6.14. The summed E-state index contributed by atoms with van der Waals surface area (Å²) in [5, 5.41) is 11.0. The Bertz CT molecular complexity index is 3230. The van der Waals surface area contributed by atoms with E-state index in [0.29, 0.717) is 74.5 Å². The second kappa shape index (κ2) is 19.0. The van der Waals surface area contributed by atoms with Crippen LogP contribution in [0.2, 0.25) is 0 Å². The van der Waals surface area contributed by atoms with Gasteiger partial charge in [-0.2, -0.15) is 0 Å². The molecule has 8 rings (SSSR count). The molecular formula is C49H44N8O9. The van der Waals surface area contributed by atoms with Crippen LogP contribution in [0.25, 0.3) is 43.6 Å². The number of nitrogen functional groups attached to an aromatic ring is 1. The van der Waals surface area contributed by atoms with Crippen molar-refractivity contribution in [1.82, 2.24) is 19.9 Å². The number of methoxy groups -OCH3 is 1. The lowest BCUT2D eigenvalue weighted by molar-refractivity contribution is 0.0593. The molecule has 4 aromatic heterocycles. The highest BCUT2D eigenvalue weighted by atomic mass is 16.5. The Hall–Kier alpha value is -8.60. The third-order valence-electron chi connectivity index (χ3n) is 10.3. The Labute approximate surface area is 377 Å². The van der Waals surface area contributed by atoms with Gasteiger partial charge >= 0.3 is 5.97 Å². The van der Waals surface area contributed by atoms with E-state index in [-0.39, 0.29) is 64.1 Å². The number of esters is 1. The number of carbonyl (C=O) groups excluding carboxylic acids is 4. The van der Waals surface area contributed by atoms with Gasteiger partial charge in [-0.15, -0.1) is 0 Å². The van der Waals surface area contributed by atoms with E-state index in [9.17, 15) is 19.2 Å². The first-order valence-corrected chi connectivity index (χ1v) is 21.1. The molecule has 17 heteroatoms. The molecule has 0 aliphatic heterocycles. The van der Waals surface area contributed by atoms with Gasteiger partial charge in [0.15, 0.2) is 5.69 Å². The van der Waals surface area contributed by atoms with Crippen molar-refractivity contribution in [1.29, 1.82) is 0 Å². The number of para-hydroxylation sites is 4. The van der Waals surface area contributed by atoms with Crippen LogP contribution in [0, 0.1) is 0 Å². The quantitative estimate of drug-likeness (QED) is 0.0558. The topological polar surface area (TPSA) is 228 Å². The number of pyridine rings is 4. The zero-order valence-corrected chi connectivity index (χ0v) is 36.6. The van der Waals surface area contributed by atoms with Gasteiger partial charge in [0, 0.05) is 45.8 Å². The molecule has 0 spiro atoms. The minimum absolute atomic E-state index is 0.00557. The lowest BCUT2D eigenvalue weighted by atomic mass is 10.1. The number of rotatable bonds is 15. The van der Waals surface area contributed by atoms with Crippen LogP contribution in [0.15, 0.2) is 97.1 Å². The molecule has 0 saturated heterocycles. The summed E-state index contributed by atoms with van der Waals surface area (Å²) in [5.41, 5.74) is 8.64. The van der Waals surface area contributed by atoms with Crippen molar-refractivity contribution >= 4 is 90.1 Å². The number of hydrogen-bond acceptors (Lipinski definition) is 14. The van der Waals surface area contributed by atoms with E-state index in [4.69, 9.17) is 39.4 Å². The molecule has 8 aromatic rings. The smallest absolute Gasteiger partial charge is 0.356 e. The van der Waals surface area contributed by atoms with E-state index in [0.717, 1.165) is 0 Å². The molecule has 0 saturated carbocycles. The van der Waals surface area contributed by atoms with Crippen molar-refractivity contribution in [3.05, 3.63) is 120 Å². The number of anilines is 4. The summed E-state index contributed by atoms with van der Waals surface area (Å²) >= 11 is 0. The van der Waals surface area contributed by atoms with Gasteiger partial charge in [-0.25, -0.2) is 24.7 Å². The zero-order valence-electron chi connectivity index (χ0n) is 36.6. The molecule has 4 aromatic carbocycles. The molecule has 0 unspecified atom stereocenters. The van der Waals surface area contributed by atoms with E-state index in [1.54, 1.807) is 79.7 Å². The Balaban J connectivity index is 1.14. The number of aromatic nitrogens is 4. The van der Waals surface area contributed by atoms with Crippen molar-refractivity contribution < 1.29 is 42.9 Å². The van der Waals surface area contributed by atoms with Crippen molar-refractivity contribution in [2.45, 2.75) is 27.7 Å². The SMILES string of the molecule is CCOc1cc(C(=O)Nc2cccc3c(OCC)cc(C(=O)Nc4cccc5c(OCC)cc(C(=O)Nc6cccc7c(OCC)cc(C(=O)OC)nc67)nc45)nc23)nc2c(N)cccc12. The predicted molar refractivity (Wildman–Crippen MR) is 251 cm³/mol. The fraction of sp³-hybridized carbons (Fsp3) is 0.184.